The van der Waals surface area contributed by atoms with Gasteiger partial charge < -0.3 is 26.3 Å². The Morgan fingerprint density at radius 1 is 1.00 bits per heavy atom. The van der Waals surface area contributed by atoms with E-state index in [0.717, 1.165) is 0 Å². The highest BCUT2D eigenvalue weighted by Gasteiger charge is 1.94. The summed E-state index contributed by atoms with van der Waals surface area (Å²) in [6.07, 6.45) is -1.62. The van der Waals surface area contributed by atoms with Gasteiger partial charge in [-0.25, -0.2) is 9.59 Å². The molecule has 0 aromatic heterocycles. The van der Waals surface area contributed by atoms with E-state index in [9.17, 15) is 9.59 Å². The van der Waals surface area contributed by atoms with Crippen molar-refractivity contribution in [1.82, 2.24) is 5.32 Å². The second-order valence-electron chi connectivity index (χ2n) is 2.08. The summed E-state index contributed by atoms with van der Waals surface area (Å²) in [4.78, 5) is 20.1. The monoisotopic (exact) mass is 191 g/mol. The molecular formula is C6H13N3O4. The second-order valence-corrected chi connectivity index (χ2v) is 2.08. The fourth-order valence-electron chi connectivity index (χ4n) is 0.573. The molecule has 0 saturated carbocycles. The smallest absolute Gasteiger partial charge is 0.404 e. The molecule has 13 heavy (non-hydrogen) atoms. The molecule has 7 nitrogen and oxygen atoms in total. The van der Waals surface area contributed by atoms with Crippen LogP contribution in [0.3, 0.4) is 0 Å². The van der Waals surface area contributed by atoms with Crippen LogP contribution in [0.5, 0.6) is 0 Å². The lowest BCUT2D eigenvalue weighted by Gasteiger charge is -2.04. The maximum Gasteiger partial charge on any atom is 0.404 e. The first-order valence-corrected chi connectivity index (χ1v) is 3.68. The highest BCUT2D eigenvalue weighted by atomic mass is 16.5. The van der Waals surface area contributed by atoms with Crippen LogP contribution in [-0.2, 0) is 9.47 Å². The molecule has 0 aromatic carbocycles. The summed E-state index contributed by atoms with van der Waals surface area (Å²) < 4.78 is 8.83. The van der Waals surface area contributed by atoms with Crippen molar-refractivity contribution >= 4 is 12.2 Å². The van der Waals surface area contributed by atoms with Crippen molar-refractivity contribution in [3.8, 4) is 0 Å². The van der Waals surface area contributed by atoms with Crippen LogP contribution < -0.4 is 16.8 Å². The number of amides is 2. The topological polar surface area (TPSA) is 117 Å². The zero-order valence-corrected chi connectivity index (χ0v) is 7.12. The summed E-state index contributed by atoms with van der Waals surface area (Å²) in [6, 6.07) is 0. The molecule has 0 unspecified atom stereocenters. The van der Waals surface area contributed by atoms with Gasteiger partial charge in [0.05, 0.1) is 0 Å². The van der Waals surface area contributed by atoms with E-state index in [0.29, 0.717) is 13.1 Å². The van der Waals surface area contributed by atoms with E-state index in [-0.39, 0.29) is 13.2 Å². The standard InChI is InChI=1S/C6H13N3O4/c7-5(10)12-3-1-9-2-4-13-6(8)11/h9H,1-4H2,(H2,7,10)(H2,8,11). The predicted molar refractivity (Wildman–Crippen MR) is 43.9 cm³/mol. The number of nitrogens with two attached hydrogens (primary N) is 2. The minimum Gasteiger partial charge on any atom is -0.448 e. The molecule has 0 aliphatic rings. The van der Waals surface area contributed by atoms with Crippen molar-refractivity contribution in [2.24, 2.45) is 11.5 Å². The van der Waals surface area contributed by atoms with Crippen molar-refractivity contribution in [2.75, 3.05) is 26.3 Å². The van der Waals surface area contributed by atoms with Crippen LogP contribution in [0.15, 0.2) is 0 Å². The highest BCUT2D eigenvalue weighted by molar-refractivity contribution is 5.64. The van der Waals surface area contributed by atoms with Gasteiger partial charge in [0, 0.05) is 13.1 Å². The molecule has 0 bridgehead atoms. The van der Waals surface area contributed by atoms with Crippen LogP contribution in [0.1, 0.15) is 0 Å². The number of carbonyl (C=O) groups is 2. The van der Waals surface area contributed by atoms with Gasteiger partial charge in [-0.3, -0.25) is 0 Å². The van der Waals surface area contributed by atoms with Crippen LogP contribution in [0.4, 0.5) is 9.59 Å². The lowest BCUT2D eigenvalue weighted by atomic mass is 10.6. The summed E-state index contributed by atoms with van der Waals surface area (Å²) in [5.74, 6) is 0. The summed E-state index contributed by atoms with van der Waals surface area (Å²) in [5.41, 5.74) is 9.40. The molecule has 0 aromatic rings. The van der Waals surface area contributed by atoms with Crippen molar-refractivity contribution in [2.45, 2.75) is 0 Å². The lowest BCUT2D eigenvalue weighted by Crippen LogP contribution is -2.27. The number of hydrogen-bond donors (Lipinski definition) is 3. The van der Waals surface area contributed by atoms with E-state index in [1.54, 1.807) is 0 Å². The van der Waals surface area contributed by atoms with Crippen LogP contribution >= 0.6 is 0 Å². The number of hydrogen-bond acceptors (Lipinski definition) is 5. The Morgan fingerprint density at radius 3 is 1.69 bits per heavy atom. The van der Waals surface area contributed by atoms with Gasteiger partial charge in [0.15, 0.2) is 0 Å². The highest BCUT2D eigenvalue weighted by Crippen LogP contribution is 1.73. The molecule has 7 heteroatoms. The van der Waals surface area contributed by atoms with E-state index in [1.807, 2.05) is 0 Å². The van der Waals surface area contributed by atoms with Gasteiger partial charge in [0.25, 0.3) is 0 Å². The molecule has 0 spiro atoms. The Hall–Kier alpha value is -1.50. The minimum absolute atomic E-state index is 0.186. The summed E-state index contributed by atoms with van der Waals surface area (Å²) in [7, 11) is 0. The van der Waals surface area contributed by atoms with Crippen LogP contribution in [0.25, 0.3) is 0 Å². The van der Waals surface area contributed by atoms with Crippen LogP contribution in [-0.4, -0.2) is 38.5 Å². The number of nitrogens with one attached hydrogen (secondary N) is 1. The minimum atomic E-state index is -0.810. The molecule has 0 saturated heterocycles. The molecule has 0 aliphatic carbocycles. The zero-order chi connectivity index (χ0) is 10.1. The molecule has 0 atom stereocenters. The fraction of sp³-hybridized carbons (Fsp3) is 0.667. The van der Waals surface area contributed by atoms with Gasteiger partial charge >= 0.3 is 12.2 Å². The van der Waals surface area contributed by atoms with E-state index in [4.69, 9.17) is 11.5 Å². The van der Waals surface area contributed by atoms with Crippen molar-refractivity contribution in [3.05, 3.63) is 0 Å². The van der Waals surface area contributed by atoms with E-state index >= 15 is 0 Å². The molecule has 76 valence electrons. The fourth-order valence-corrected chi connectivity index (χ4v) is 0.573. The molecule has 0 fully saturated rings. The Balaban J connectivity index is 3.00. The Bertz CT molecular complexity index is 155. The molecular weight excluding hydrogens is 178 g/mol. The van der Waals surface area contributed by atoms with E-state index < -0.39 is 12.2 Å². The molecule has 0 heterocycles. The van der Waals surface area contributed by atoms with Gasteiger partial charge in [-0.2, -0.15) is 0 Å². The number of ether oxygens (including phenoxy) is 2. The van der Waals surface area contributed by atoms with E-state index in [2.05, 4.69) is 14.8 Å². The normalized spacial score (nSPS) is 9.23. The average molecular weight is 191 g/mol. The maximum absolute atomic E-state index is 10.1. The Labute approximate surface area is 75.3 Å². The first kappa shape index (κ1) is 11.5. The summed E-state index contributed by atoms with van der Waals surface area (Å²) in [6.45, 7) is 1.27. The van der Waals surface area contributed by atoms with Crippen LogP contribution in [0, 0.1) is 0 Å². The molecule has 0 aliphatic heterocycles. The van der Waals surface area contributed by atoms with Gasteiger partial charge in [0.1, 0.15) is 13.2 Å². The lowest BCUT2D eigenvalue weighted by molar-refractivity contribution is 0.150. The quantitative estimate of drug-likeness (QED) is 0.454. The Kier molecular flexibility index (Phi) is 6.34. The third kappa shape index (κ3) is 10.5. The van der Waals surface area contributed by atoms with Crippen molar-refractivity contribution in [1.29, 1.82) is 0 Å². The average Bonchev–Trinajstić information content (AvgIpc) is 2.01. The van der Waals surface area contributed by atoms with Gasteiger partial charge in [-0.15, -0.1) is 0 Å². The largest absolute Gasteiger partial charge is 0.448 e. The third-order valence-corrected chi connectivity index (χ3v) is 1.05. The van der Waals surface area contributed by atoms with Gasteiger partial charge in [-0.05, 0) is 0 Å². The zero-order valence-electron chi connectivity index (χ0n) is 7.12. The molecule has 0 rings (SSSR count). The Morgan fingerprint density at radius 2 is 1.38 bits per heavy atom. The van der Waals surface area contributed by atoms with E-state index in [1.165, 1.54) is 0 Å². The number of rotatable bonds is 6. The van der Waals surface area contributed by atoms with Crippen molar-refractivity contribution in [3.63, 3.8) is 0 Å². The SMILES string of the molecule is NC(=O)OCCNCCOC(N)=O. The predicted octanol–water partition coefficient (Wildman–Crippen LogP) is -1.23. The van der Waals surface area contributed by atoms with Crippen molar-refractivity contribution < 1.29 is 19.1 Å². The van der Waals surface area contributed by atoms with Gasteiger partial charge in [-0.1, -0.05) is 0 Å². The summed E-state index contributed by atoms with van der Waals surface area (Å²) in [5, 5.41) is 2.83. The molecule has 5 N–H and O–H groups in total. The first-order valence-electron chi connectivity index (χ1n) is 3.68. The maximum atomic E-state index is 10.1. The third-order valence-electron chi connectivity index (χ3n) is 1.05. The molecule has 2 amide bonds. The first-order chi connectivity index (χ1) is 6.13. The number of primary amides is 2. The molecule has 0 radical (unpaired) electrons. The second kappa shape index (κ2) is 7.17. The van der Waals surface area contributed by atoms with Crippen LogP contribution in [0.2, 0.25) is 0 Å². The van der Waals surface area contributed by atoms with Gasteiger partial charge in [0.2, 0.25) is 0 Å². The summed E-state index contributed by atoms with van der Waals surface area (Å²) >= 11 is 0. The number of carbonyl (C=O) groups excluding carboxylic acids is 2.